The zero-order chi connectivity index (χ0) is 22.2. The summed E-state index contributed by atoms with van der Waals surface area (Å²) in [5.74, 6) is -0.497. The Hall–Kier alpha value is -2.83. The highest BCUT2D eigenvalue weighted by Gasteiger charge is 2.16. The summed E-state index contributed by atoms with van der Waals surface area (Å²) in [7, 11) is 0. The molecule has 1 aromatic carbocycles. The van der Waals surface area contributed by atoms with E-state index < -0.39 is 11.7 Å². The molecule has 0 spiro atoms. The van der Waals surface area contributed by atoms with Crippen LogP contribution < -0.4 is 16.0 Å². The van der Waals surface area contributed by atoms with Gasteiger partial charge in [-0.05, 0) is 50.8 Å². The molecular formula is C22H33N3O4. The van der Waals surface area contributed by atoms with E-state index in [0.717, 1.165) is 11.1 Å². The molecule has 7 heteroatoms. The predicted octanol–water partition coefficient (Wildman–Crippen LogP) is 3.76. The molecule has 0 saturated carbocycles. The maximum Gasteiger partial charge on any atom is 0.408 e. The predicted molar refractivity (Wildman–Crippen MR) is 114 cm³/mol. The molecule has 0 unspecified atom stereocenters. The second-order valence-corrected chi connectivity index (χ2v) is 8.90. The minimum atomic E-state index is -0.636. The van der Waals surface area contributed by atoms with Gasteiger partial charge in [-0.1, -0.05) is 38.5 Å². The molecule has 7 nitrogen and oxygen atoms in total. The summed E-state index contributed by atoms with van der Waals surface area (Å²) in [6.07, 6.45) is 0.967. The molecular weight excluding hydrogens is 370 g/mol. The van der Waals surface area contributed by atoms with E-state index in [1.54, 1.807) is 39.0 Å². The lowest BCUT2D eigenvalue weighted by molar-refractivity contribution is -0.120. The summed E-state index contributed by atoms with van der Waals surface area (Å²) >= 11 is 0. The Bertz CT molecular complexity index is 754. The molecule has 3 amide bonds. The summed E-state index contributed by atoms with van der Waals surface area (Å²) < 4.78 is 5.07. The maximum absolute atomic E-state index is 12.1. The third kappa shape index (κ3) is 10.3. The summed E-state index contributed by atoms with van der Waals surface area (Å²) in [5, 5.41) is 7.94. The number of benzene rings is 1. The van der Waals surface area contributed by atoms with E-state index in [1.807, 2.05) is 19.1 Å². The third-order valence-corrected chi connectivity index (χ3v) is 4.03. The molecule has 0 radical (unpaired) electrons. The molecule has 29 heavy (non-hydrogen) atoms. The Balaban J connectivity index is 2.46. The van der Waals surface area contributed by atoms with Crippen molar-refractivity contribution in [2.45, 2.75) is 60.6 Å². The van der Waals surface area contributed by atoms with Gasteiger partial charge in [0.1, 0.15) is 12.1 Å². The van der Waals surface area contributed by atoms with Gasteiger partial charge in [-0.25, -0.2) is 4.79 Å². The average molecular weight is 404 g/mol. The molecule has 0 heterocycles. The summed E-state index contributed by atoms with van der Waals surface area (Å²) in [5.41, 5.74) is 1.87. The van der Waals surface area contributed by atoms with Crippen molar-refractivity contribution in [3.63, 3.8) is 0 Å². The number of anilines is 1. The van der Waals surface area contributed by atoms with E-state index in [-0.39, 0.29) is 23.8 Å². The minimum absolute atomic E-state index is 0.0578. The van der Waals surface area contributed by atoms with Crippen LogP contribution in [0.2, 0.25) is 0 Å². The molecule has 160 valence electrons. The first-order valence-electron chi connectivity index (χ1n) is 9.58. The lowest BCUT2D eigenvalue weighted by atomic mass is 9.87. The van der Waals surface area contributed by atoms with Crippen molar-refractivity contribution in [3.8, 4) is 0 Å². The Kier molecular flexibility index (Phi) is 8.42. The number of alkyl carbamates (subject to hydrolysis) is 1. The monoisotopic (exact) mass is 403 g/mol. The van der Waals surface area contributed by atoms with Crippen molar-refractivity contribution < 1.29 is 19.1 Å². The standard InChI is InChI=1S/C22H33N3O4/c1-15(21(2,3)4)12-18(26)25-17-10-8-16(9-11-17)13-23-19(27)14-24-20(28)29-22(5,6)7/h8-12H,13-14H2,1-7H3,(H,23,27)(H,24,28)(H,25,26)/b15-12+. The normalized spacial score (nSPS) is 12.2. The Morgan fingerprint density at radius 2 is 1.55 bits per heavy atom. The third-order valence-electron chi connectivity index (χ3n) is 4.03. The number of allylic oxidation sites excluding steroid dienone is 1. The fourth-order valence-corrected chi connectivity index (χ4v) is 2.03. The van der Waals surface area contributed by atoms with Crippen LogP contribution >= 0.6 is 0 Å². The first-order valence-corrected chi connectivity index (χ1v) is 9.58. The topological polar surface area (TPSA) is 96.5 Å². The van der Waals surface area contributed by atoms with Gasteiger partial charge >= 0.3 is 6.09 Å². The van der Waals surface area contributed by atoms with E-state index in [4.69, 9.17) is 4.74 Å². The molecule has 3 N–H and O–H groups in total. The number of amides is 3. The molecule has 0 saturated heterocycles. The molecule has 1 aromatic rings. The van der Waals surface area contributed by atoms with Crippen molar-refractivity contribution >= 4 is 23.6 Å². The van der Waals surface area contributed by atoms with Gasteiger partial charge in [0.25, 0.3) is 0 Å². The van der Waals surface area contributed by atoms with Gasteiger partial charge in [-0.2, -0.15) is 0 Å². The lowest BCUT2D eigenvalue weighted by Gasteiger charge is -2.19. The SMILES string of the molecule is C/C(=C\C(=O)Nc1ccc(CNC(=O)CNC(=O)OC(C)(C)C)cc1)C(C)(C)C. The Labute approximate surface area is 173 Å². The fourth-order valence-electron chi connectivity index (χ4n) is 2.03. The number of hydrogen-bond acceptors (Lipinski definition) is 4. The summed E-state index contributed by atoms with van der Waals surface area (Å²) in [4.78, 5) is 35.5. The van der Waals surface area contributed by atoms with E-state index in [0.29, 0.717) is 12.2 Å². The second-order valence-electron chi connectivity index (χ2n) is 8.90. The number of carbonyl (C=O) groups is 3. The highest BCUT2D eigenvalue weighted by atomic mass is 16.6. The zero-order valence-electron chi connectivity index (χ0n) is 18.4. The molecule has 1 rings (SSSR count). The molecule has 0 aliphatic carbocycles. The second kappa shape index (κ2) is 10.1. The van der Waals surface area contributed by atoms with Gasteiger partial charge in [0.05, 0.1) is 0 Å². The molecule has 0 aromatic heterocycles. The van der Waals surface area contributed by atoms with Crippen LogP contribution in [0.3, 0.4) is 0 Å². The lowest BCUT2D eigenvalue weighted by Crippen LogP contribution is -2.39. The van der Waals surface area contributed by atoms with Crippen molar-refractivity contribution in [1.29, 1.82) is 0 Å². The van der Waals surface area contributed by atoms with E-state index >= 15 is 0 Å². The van der Waals surface area contributed by atoms with Crippen LogP contribution in [0.1, 0.15) is 54.0 Å². The van der Waals surface area contributed by atoms with Crippen molar-refractivity contribution in [2.75, 3.05) is 11.9 Å². The molecule has 0 aliphatic heterocycles. The van der Waals surface area contributed by atoms with E-state index in [2.05, 4.69) is 36.7 Å². The largest absolute Gasteiger partial charge is 0.444 e. The van der Waals surface area contributed by atoms with Crippen LogP contribution in [-0.2, 0) is 20.9 Å². The van der Waals surface area contributed by atoms with Crippen LogP contribution in [-0.4, -0.2) is 30.1 Å². The smallest absolute Gasteiger partial charge is 0.408 e. The molecule has 0 atom stereocenters. The highest BCUT2D eigenvalue weighted by Crippen LogP contribution is 2.24. The van der Waals surface area contributed by atoms with Gasteiger partial charge < -0.3 is 20.7 Å². The van der Waals surface area contributed by atoms with Crippen molar-refractivity contribution in [1.82, 2.24) is 10.6 Å². The van der Waals surface area contributed by atoms with E-state index in [1.165, 1.54) is 0 Å². The number of ether oxygens (including phenoxy) is 1. The summed E-state index contributed by atoms with van der Waals surface area (Å²) in [6, 6.07) is 7.19. The molecule has 0 fully saturated rings. The fraction of sp³-hybridized carbons (Fsp3) is 0.500. The van der Waals surface area contributed by atoms with Crippen LogP contribution in [0.5, 0.6) is 0 Å². The van der Waals surface area contributed by atoms with Crippen LogP contribution in [0, 0.1) is 5.41 Å². The van der Waals surface area contributed by atoms with Crippen LogP contribution in [0.15, 0.2) is 35.9 Å². The van der Waals surface area contributed by atoms with Gasteiger partial charge in [-0.3, -0.25) is 9.59 Å². The molecule has 0 bridgehead atoms. The first-order chi connectivity index (χ1) is 13.3. The maximum atomic E-state index is 12.1. The van der Waals surface area contributed by atoms with Gasteiger partial charge in [-0.15, -0.1) is 0 Å². The molecule has 0 aliphatic rings. The number of hydrogen-bond donors (Lipinski definition) is 3. The number of rotatable bonds is 6. The zero-order valence-corrected chi connectivity index (χ0v) is 18.4. The summed E-state index contributed by atoms with van der Waals surface area (Å²) in [6.45, 7) is 13.5. The Morgan fingerprint density at radius 1 is 0.966 bits per heavy atom. The quantitative estimate of drug-likeness (QED) is 0.630. The number of nitrogens with one attached hydrogen (secondary N) is 3. The van der Waals surface area contributed by atoms with Crippen molar-refractivity contribution in [2.24, 2.45) is 5.41 Å². The van der Waals surface area contributed by atoms with Gasteiger partial charge in [0.15, 0.2) is 0 Å². The Morgan fingerprint density at radius 3 is 2.07 bits per heavy atom. The average Bonchev–Trinajstić information content (AvgIpc) is 2.57. The van der Waals surface area contributed by atoms with Crippen LogP contribution in [0.4, 0.5) is 10.5 Å². The van der Waals surface area contributed by atoms with Gasteiger partial charge in [0.2, 0.25) is 11.8 Å². The number of carbonyl (C=O) groups excluding carboxylic acids is 3. The van der Waals surface area contributed by atoms with Crippen molar-refractivity contribution in [3.05, 3.63) is 41.5 Å². The van der Waals surface area contributed by atoms with Crippen LogP contribution in [0.25, 0.3) is 0 Å². The minimum Gasteiger partial charge on any atom is -0.444 e. The van der Waals surface area contributed by atoms with Gasteiger partial charge in [0, 0.05) is 18.3 Å². The van der Waals surface area contributed by atoms with E-state index in [9.17, 15) is 14.4 Å². The highest BCUT2D eigenvalue weighted by molar-refractivity contribution is 5.99. The first kappa shape index (κ1) is 24.2.